The molecule has 188 valence electrons. The highest BCUT2D eigenvalue weighted by Crippen LogP contribution is 2.31. The van der Waals surface area contributed by atoms with Crippen molar-refractivity contribution in [1.82, 2.24) is 0 Å². The van der Waals surface area contributed by atoms with Crippen LogP contribution in [0.15, 0.2) is 18.2 Å². The van der Waals surface area contributed by atoms with Crippen LogP contribution in [0.4, 0.5) is 17.6 Å². The van der Waals surface area contributed by atoms with Gasteiger partial charge in [0.2, 0.25) is 0 Å². The van der Waals surface area contributed by atoms with E-state index in [4.69, 9.17) is 18.9 Å². The summed E-state index contributed by atoms with van der Waals surface area (Å²) in [5.41, 5.74) is 0.411. The lowest BCUT2D eigenvalue weighted by molar-refractivity contribution is -0.208. The molecular formula is C24H34F4O5. The topological polar surface area (TPSA) is 46.2 Å². The highest BCUT2D eigenvalue weighted by Gasteiger charge is 2.29. The van der Waals surface area contributed by atoms with Gasteiger partial charge in [-0.3, -0.25) is 0 Å². The second-order valence-corrected chi connectivity index (χ2v) is 8.85. The smallest absolute Gasteiger partial charge is 0.422 e. The lowest BCUT2D eigenvalue weighted by atomic mass is 10.0. The van der Waals surface area contributed by atoms with E-state index in [2.05, 4.69) is 11.7 Å². The molecule has 5 nitrogen and oxygen atoms in total. The third kappa shape index (κ3) is 9.03. The van der Waals surface area contributed by atoms with Gasteiger partial charge in [-0.2, -0.15) is 13.2 Å². The maximum Gasteiger partial charge on any atom is 0.422 e. The Morgan fingerprint density at radius 1 is 0.879 bits per heavy atom. The summed E-state index contributed by atoms with van der Waals surface area (Å²) in [4.78, 5) is 0. The number of halogens is 4. The van der Waals surface area contributed by atoms with Crippen molar-refractivity contribution >= 4 is 0 Å². The molecule has 2 fully saturated rings. The SMILES string of the molecule is CCCCC1COC(CCCCC2COC(c3ccc(OCC(F)(F)F)c(F)c3)OC2)OC1. The minimum Gasteiger partial charge on any atom is -0.481 e. The second kappa shape index (κ2) is 12.9. The number of ether oxygens (including phenoxy) is 5. The van der Waals surface area contributed by atoms with Gasteiger partial charge in [0.15, 0.2) is 30.8 Å². The van der Waals surface area contributed by atoms with E-state index in [-0.39, 0.29) is 12.2 Å². The maximum absolute atomic E-state index is 14.1. The molecule has 0 radical (unpaired) electrons. The number of hydrogen-bond donors (Lipinski definition) is 0. The van der Waals surface area contributed by atoms with E-state index in [1.165, 1.54) is 18.9 Å². The van der Waals surface area contributed by atoms with Crippen molar-refractivity contribution in [3.05, 3.63) is 29.6 Å². The van der Waals surface area contributed by atoms with Gasteiger partial charge in [-0.1, -0.05) is 32.3 Å². The minimum atomic E-state index is -4.52. The molecular weight excluding hydrogens is 444 g/mol. The molecule has 0 unspecified atom stereocenters. The van der Waals surface area contributed by atoms with E-state index in [1.54, 1.807) is 0 Å². The fourth-order valence-electron chi connectivity index (χ4n) is 4.00. The van der Waals surface area contributed by atoms with Crippen LogP contribution < -0.4 is 4.74 Å². The quantitative estimate of drug-likeness (QED) is 0.281. The Morgan fingerprint density at radius 3 is 2.09 bits per heavy atom. The van der Waals surface area contributed by atoms with Crippen LogP contribution in [-0.4, -0.2) is 45.5 Å². The summed E-state index contributed by atoms with van der Waals surface area (Å²) in [5, 5.41) is 0. The summed E-state index contributed by atoms with van der Waals surface area (Å²) in [5.74, 6) is -0.572. The van der Waals surface area contributed by atoms with Crippen LogP contribution in [0.25, 0.3) is 0 Å². The van der Waals surface area contributed by atoms with Gasteiger partial charge in [0.1, 0.15) is 0 Å². The predicted molar refractivity (Wildman–Crippen MR) is 113 cm³/mol. The third-order valence-corrected chi connectivity index (χ3v) is 5.89. The molecule has 0 N–H and O–H groups in total. The van der Waals surface area contributed by atoms with Crippen molar-refractivity contribution in [2.75, 3.05) is 33.0 Å². The Morgan fingerprint density at radius 2 is 1.48 bits per heavy atom. The van der Waals surface area contributed by atoms with Crippen LogP contribution in [0.3, 0.4) is 0 Å². The van der Waals surface area contributed by atoms with E-state index < -0.39 is 30.6 Å². The molecule has 0 aliphatic carbocycles. The average molecular weight is 479 g/mol. The fraction of sp³-hybridized carbons (Fsp3) is 0.750. The molecule has 9 heteroatoms. The van der Waals surface area contributed by atoms with Crippen molar-refractivity contribution in [2.24, 2.45) is 11.8 Å². The molecule has 2 heterocycles. The van der Waals surface area contributed by atoms with Gasteiger partial charge >= 0.3 is 6.18 Å². The largest absolute Gasteiger partial charge is 0.481 e. The number of unbranched alkanes of at least 4 members (excludes halogenated alkanes) is 2. The van der Waals surface area contributed by atoms with Crippen molar-refractivity contribution < 1.29 is 41.2 Å². The second-order valence-electron chi connectivity index (χ2n) is 8.85. The minimum absolute atomic E-state index is 0.107. The molecule has 2 aliphatic rings. The molecule has 0 spiro atoms. The van der Waals surface area contributed by atoms with E-state index >= 15 is 0 Å². The zero-order chi connectivity index (χ0) is 23.7. The molecule has 0 aromatic heterocycles. The third-order valence-electron chi connectivity index (χ3n) is 5.89. The molecule has 0 atom stereocenters. The van der Waals surface area contributed by atoms with Gasteiger partial charge in [-0.25, -0.2) is 4.39 Å². The molecule has 0 amide bonds. The summed E-state index contributed by atoms with van der Waals surface area (Å²) >= 11 is 0. The van der Waals surface area contributed by atoms with E-state index in [0.29, 0.717) is 24.7 Å². The Balaban J connectivity index is 1.30. The normalized spacial score (nSPS) is 26.3. The number of hydrogen-bond acceptors (Lipinski definition) is 5. The average Bonchev–Trinajstić information content (AvgIpc) is 2.80. The van der Waals surface area contributed by atoms with Crippen molar-refractivity contribution in [2.45, 2.75) is 70.6 Å². The summed E-state index contributed by atoms with van der Waals surface area (Å²) < 4.78 is 78.3. The lowest BCUT2D eigenvalue weighted by Crippen LogP contribution is -2.32. The summed E-state index contributed by atoms with van der Waals surface area (Å²) in [6.45, 7) is 3.18. The molecule has 0 bridgehead atoms. The fourth-order valence-corrected chi connectivity index (χ4v) is 4.00. The summed E-state index contributed by atoms with van der Waals surface area (Å²) in [7, 11) is 0. The first kappa shape index (κ1) is 26.2. The van der Waals surface area contributed by atoms with E-state index in [0.717, 1.165) is 57.5 Å². The van der Waals surface area contributed by atoms with Crippen LogP contribution in [-0.2, 0) is 18.9 Å². The first-order valence-corrected chi connectivity index (χ1v) is 11.8. The van der Waals surface area contributed by atoms with Crippen molar-refractivity contribution in [3.8, 4) is 5.75 Å². The number of rotatable bonds is 11. The lowest BCUT2D eigenvalue weighted by Gasteiger charge is -2.30. The molecule has 2 saturated heterocycles. The van der Waals surface area contributed by atoms with Gasteiger partial charge in [-0.15, -0.1) is 0 Å². The van der Waals surface area contributed by atoms with Gasteiger partial charge < -0.3 is 23.7 Å². The van der Waals surface area contributed by atoms with Gasteiger partial charge in [-0.05, 0) is 37.8 Å². The number of benzene rings is 1. The van der Waals surface area contributed by atoms with Gasteiger partial charge in [0.25, 0.3) is 0 Å². The van der Waals surface area contributed by atoms with Crippen LogP contribution in [0.2, 0.25) is 0 Å². The Kier molecular flexibility index (Phi) is 10.2. The predicted octanol–water partition coefficient (Wildman–Crippen LogP) is 6.17. The Hall–Kier alpha value is -1.42. The van der Waals surface area contributed by atoms with Crippen molar-refractivity contribution in [1.29, 1.82) is 0 Å². The van der Waals surface area contributed by atoms with Gasteiger partial charge in [0.05, 0.1) is 26.4 Å². The Labute approximate surface area is 192 Å². The van der Waals surface area contributed by atoms with E-state index in [1.807, 2.05) is 0 Å². The van der Waals surface area contributed by atoms with Crippen LogP contribution in [0.5, 0.6) is 5.75 Å². The summed E-state index contributed by atoms with van der Waals surface area (Å²) in [6.07, 6.45) is 2.01. The highest BCUT2D eigenvalue weighted by molar-refractivity contribution is 5.30. The van der Waals surface area contributed by atoms with Crippen LogP contribution in [0, 0.1) is 17.7 Å². The monoisotopic (exact) mass is 478 g/mol. The molecule has 3 rings (SSSR count). The highest BCUT2D eigenvalue weighted by atomic mass is 19.4. The van der Waals surface area contributed by atoms with Crippen LogP contribution in [0.1, 0.15) is 63.7 Å². The zero-order valence-corrected chi connectivity index (χ0v) is 19.1. The van der Waals surface area contributed by atoms with E-state index in [9.17, 15) is 17.6 Å². The Bertz CT molecular complexity index is 699. The standard InChI is InChI=1S/C24H34F4O5/c1-2-3-6-17-12-29-22(30-13-17)8-5-4-7-18-14-31-23(32-15-18)19-9-10-21(20(25)11-19)33-16-24(26,27)28/h9-11,17-18,22-23H,2-8,12-16H2,1H3. The summed E-state index contributed by atoms with van der Waals surface area (Å²) in [6, 6.07) is 3.71. The molecule has 1 aromatic rings. The molecule has 0 saturated carbocycles. The molecule has 1 aromatic carbocycles. The first-order valence-electron chi connectivity index (χ1n) is 11.8. The maximum atomic E-state index is 14.1. The molecule has 33 heavy (non-hydrogen) atoms. The van der Waals surface area contributed by atoms with Crippen molar-refractivity contribution in [3.63, 3.8) is 0 Å². The first-order chi connectivity index (χ1) is 15.8. The molecule has 2 aliphatic heterocycles. The zero-order valence-electron chi connectivity index (χ0n) is 19.1. The van der Waals surface area contributed by atoms with Gasteiger partial charge in [0, 0.05) is 17.4 Å². The number of alkyl halides is 3. The van der Waals surface area contributed by atoms with Crippen LogP contribution >= 0.6 is 0 Å².